The number of aromatic carboxylic acids is 1. The molecule has 5 heteroatoms. The van der Waals surface area contributed by atoms with E-state index in [-0.39, 0.29) is 0 Å². The Bertz CT molecular complexity index is 656. The fourth-order valence-electron chi connectivity index (χ4n) is 1.84. The first kappa shape index (κ1) is 15.1. The Morgan fingerprint density at radius 2 is 1.90 bits per heavy atom. The Hall–Kier alpha value is -1.33. The van der Waals surface area contributed by atoms with Crippen LogP contribution in [-0.4, -0.2) is 11.1 Å². The molecular weight excluding hydrogens is 386 g/mol. The predicted octanol–water partition coefficient (Wildman–Crippen LogP) is 4.83. The maximum Gasteiger partial charge on any atom is 0.335 e. The molecule has 0 aliphatic rings. The summed E-state index contributed by atoms with van der Waals surface area (Å²) < 4.78 is 2.03. The number of hydrogen-bond donors (Lipinski definition) is 2. The molecule has 3 nitrogen and oxygen atoms in total. The van der Waals surface area contributed by atoms with Crippen molar-refractivity contribution in [3.05, 3.63) is 62.0 Å². The van der Waals surface area contributed by atoms with Crippen molar-refractivity contribution in [3.8, 4) is 0 Å². The summed E-state index contributed by atoms with van der Waals surface area (Å²) in [6, 6.07) is 11.1. The summed E-state index contributed by atoms with van der Waals surface area (Å²) in [6.07, 6.45) is 0. The van der Waals surface area contributed by atoms with Crippen molar-refractivity contribution in [3.63, 3.8) is 0 Å². The first-order chi connectivity index (χ1) is 9.47. The second kappa shape index (κ2) is 6.41. The summed E-state index contributed by atoms with van der Waals surface area (Å²) in [6.45, 7) is 2.57. The maximum atomic E-state index is 10.9. The topological polar surface area (TPSA) is 49.3 Å². The zero-order valence-corrected chi connectivity index (χ0v) is 14.0. The summed E-state index contributed by atoms with van der Waals surface area (Å²) >= 11 is 6.91. The molecule has 0 aromatic heterocycles. The fraction of sp³-hybridized carbons (Fsp3) is 0.133. The smallest absolute Gasteiger partial charge is 0.335 e. The van der Waals surface area contributed by atoms with E-state index in [1.807, 2.05) is 25.1 Å². The van der Waals surface area contributed by atoms with E-state index in [1.165, 1.54) is 0 Å². The van der Waals surface area contributed by atoms with Gasteiger partial charge >= 0.3 is 5.97 Å². The van der Waals surface area contributed by atoms with Gasteiger partial charge in [0.25, 0.3) is 0 Å². The Morgan fingerprint density at radius 3 is 2.50 bits per heavy atom. The van der Waals surface area contributed by atoms with Gasteiger partial charge in [-0.05, 0) is 80.2 Å². The molecular formula is C15H13Br2NO2. The van der Waals surface area contributed by atoms with Crippen molar-refractivity contribution in [2.75, 3.05) is 5.32 Å². The number of carboxylic acids is 1. The summed E-state index contributed by atoms with van der Waals surface area (Å²) in [5.74, 6) is -0.906. The number of anilines is 1. The van der Waals surface area contributed by atoms with Gasteiger partial charge in [-0.3, -0.25) is 0 Å². The van der Waals surface area contributed by atoms with Gasteiger partial charge in [-0.1, -0.05) is 6.07 Å². The first-order valence-corrected chi connectivity index (χ1v) is 7.57. The van der Waals surface area contributed by atoms with Crippen LogP contribution in [0.25, 0.3) is 0 Å². The van der Waals surface area contributed by atoms with Gasteiger partial charge in [0.15, 0.2) is 0 Å². The van der Waals surface area contributed by atoms with E-state index < -0.39 is 5.97 Å². The van der Waals surface area contributed by atoms with Gasteiger partial charge in [0.2, 0.25) is 0 Å². The molecule has 2 aromatic rings. The molecule has 0 unspecified atom stereocenters. The molecule has 2 aromatic carbocycles. The molecule has 0 saturated heterocycles. The largest absolute Gasteiger partial charge is 0.478 e. The lowest BCUT2D eigenvalue weighted by molar-refractivity contribution is 0.0697. The van der Waals surface area contributed by atoms with Gasteiger partial charge in [0.05, 0.1) is 5.56 Å². The monoisotopic (exact) mass is 397 g/mol. The van der Waals surface area contributed by atoms with Crippen molar-refractivity contribution in [1.82, 2.24) is 0 Å². The Labute approximate surface area is 134 Å². The lowest BCUT2D eigenvalue weighted by atomic mass is 10.1. The van der Waals surface area contributed by atoms with Crippen molar-refractivity contribution in [2.45, 2.75) is 13.5 Å². The highest BCUT2D eigenvalue weighted by molar-refractivity contribution is 9.13. The molecule has 0 spiro atoms. The van der Waals surface area contributed by atoms with E-state index >= 15 is 0 Å². The minimum absolute atomic E-state index is 0.305. The third-order valence-corrected chi connectivity index (χ3v) is 4.82. The molecule has 104 valence electrons. The van der Waals surface area contributed by atoms with Crippen LogP contribution in [0.5, 0.6) is 0 Å². The van der Waals surface area contributed by atoms with E-state index in [4.69, 9.17) is 5.11 Å². The van der Waals surface area contributed by atoms with Crippen molar-refractivity contribution >= 4 is 43.5 Å². The van der Waals surface area contributed by atoms with E-state index in [1.54, 1.807) is 18.2 Å². The Kier molecular flexibility index (Phi) is 4.83. The Balaban J connectivity index is 2.10. The highest BCUT2D eigenvalue weighted by Crippen LogP contribution is 2.24. The van der Waals surface area contributed by atoms with Crippen LogP contribution < -0.4 is 5.32 Å². The number of nitrogens with one attached hydrogen (secondary N) is 1. The molecule has 0 amide bonds. The quantitative estimate of drug-likeness (QED) is 0.775. The molecule has 0 aliphatic carbocycles. The summed E-state index contributed by atoms with van der Waals surface area (Å²) in [5, 5.41) is 12.2. The van der Waals surface area contributed by atoms with Crippen LogP contribution in [-0.2, 0) is 6.54 Å². The van der Waals surface area contributed by atoms with Crippen molar-refractivity contribution < 1.29 is 9.90 Å². The summed E-state index contributed by atoms with van der Waals surface area (Å²) in [5.41, 5.74) is 3.30. The number of benzene rings is 2. The second-order valence-electron chi connectivity index (χ2n) is 4.44. The van der Waals surface area contributed by atoms with Crippen LogP contribution >= 0.6 is 31.9 Å². The first-order valence-electron chi connectivity index (χ1n) is 5.99. The number of carbonyl (C=O) groups is 1. The average Bonchev–Trinajstić information content (AvgIpc) is 2.41. The molecule has 0 radical (unpaired) electrons. The third kappa shape index (κ3) is 3.61. The minimum Gasteiger partial charge on any atom is -0.478 e. The number of hydrogen-bond acceptors (Lipinski definition) is 2. The van der Waals surface area contributed by atoms with E-state index in [2.05, 4.69) is 37.2 Å². The zero-order chi connectivity index (χ0) is 14.7. The van der Waals surface area contributed by atoms with E-state index in [0.29, 0.717) is 12.1 Å². The number of halogens is 2. The molecule has 2 N–H and O–H groups in total. The fourth-order valence-corrected chi connectivity index (χ4v) is 2.51. The van der Waals surface area contributed by atoms with E-state index in [0.717, 1.165) is 25.8 Å². The molecule has 0 aliphatic heterocycles. The van der Waals surface area contributed by atoms with Gasteiger partial charge in [-0.25, -0.2) is 4.79 Å². The van der Waals surface area contributed by atoms with E-state index in [9.17, 15) is 4.79 Å². The SMILES string of the molecule is Cc1cc(C(=O)O)ccc1NCc1ccc(Br)c(Br)c1. The van der Waals surface area contributed by atoms with Crippen LogP contribution in [0.4, 0.5) is 5.69 Å². The molecule has 0 fully saturated rings. The zero-order valence-electron chi connectivity index (χ0n) is 10.8. The van der Waals surface area contributed by atoms with Crippen LogP contribution in [0.15, 0.2) is 45.3 Å². The Morgan fingerprint density at radius 1 is 1.15 bits per heavy atom. The predicted molar refractivity (Wildman–Crippen MR) is 87.3 cm³/mol. The van der Waals surface area contributed by atoms with Crippen molar-refractivity contribution in [1.29, 1.82) is 0 Å². The standard InChI is InChI=1S/C15H13Br2NO2/c1-9-6-11(15(19)20)3-5-14(9)18-8-10-2-4-12(16)13(17)7-10/h2-7,18H,8H2,1H3,(H,19,20). The van der Waals surface area contributed by atoms with Gasteiger partial charge in [0.1, 0.15) is 0 Å². The minimum atomic E-state index is -0.906. The average molecular weight is 399 g/mol. The van der Waals surface area contributed by atoms with Crippen LogP contribution in [0.1, 0.15) is 21.5 Å². The number of rotatable bonds is 4. The van der Waals surface area contributed by atoms with Gasteiger partial charge < -0.3 is 10.4 Å². The molecule has 0 atom stereocenters. The second-order valence-corrected chi connectivity index (χ2v) is 6.15. The lowest BCUT2D eigenvalue weighted by Gasteiger charge is -2.11. The van der Waals surface area contributed by atoms with Gasteiger partial charge in [-0.15, -0.1) is 0 Å². The molecule has 0 heterocycles. The number of carboxylic acid groups (broad SMARTS) is 1. The van der Waals surface area contributed by atoms with Crippen molar-refractivity contribution in [2.24, 2.45) is 0 Å². The van der Waals surface area contributed by atoms with Crippen LogP contribution in [0, 0.1) is 6.92 Å². The molecule has 2 rings (SSSR count). The highest BCUT2D eigenvalue weighted by Gasteiger charge is 2.06. The molecule has 0 bridgehead atoms. The van der Waals surface area contributed by atoms with Gasteiger partial charge in [-0.2, -0.15) is 0 Å². The van der Waals surface area contributed by atoms with Gasteiger partial charge in [0, 0.05) is 21.2 Å². The molecule has 20 heavy (non-hydrogen) atoms. The van der Waals surface area contributed by atoms with Crippen LogP contribution in [0.3, 0.4) is 0 Å². The van der Waals surface area contributed by atoms with Crippen LogP contribution in [0.2, 0.25) is 0 Å². The summed E-state index contributed by atoms with van der Waals surface area (Å²) in [4.78, 5) is 10.9. The number of aryl methyl sites for hydroxylation is 1. The maximum absolute atomic E-state index is 10.9. The third-order valence-electron chi connectivity index (χ3n) is 2.94. The molecule has 0 saturated carbocycles. The normalized spacial score (nSPS) is 10.3. The summed E-state index contributed by atoms with van der Waals surface area (Å²) in [7, 11) is 0. The highest BCUT2D eigenvalue weighted by atomic mass is 79.9. The lowest BCUT2D eigenvalue weighted by Crippen LogP contribution is -2.03.